The maximum absolute atomic E-state index is 10.9. The summed E-state index contributed by atoms with van der Waals surface area (Å²) in [6.07, 6.45) is 1.55. The van der Waals surface area contributed by atoms with Gasteiger partial charge in [-0.2, -0.15) is 0 Å². The van der Waals surface area contributed by atoms with Crippen molar-refractivity contribution >= 4 is 5.91 Å². The third-order valence-corrected chi connectivity index (χ3v) is 2.06. The highest BCUT2D eigenvalue weighted by molar-refractivity contribution is 5.83. The lowest BCUT2D eigenvalue weighted by molar-refractivity contribution is -0.154. The van der Waals surface area contributed by atoms with E-state index in [0.717, 1.165) is 0 Å². The summed E-state index contributed by atoms with van der Waals surface area (Å²) in [4.78, 5) is 12.6. The Kier molecular flexibility index (Phi) is 1.58. The third-order valence-electron chi connectivity index (χ3n) is 2.06. The number of hydrogen-bond donors (Lipinski definition) is 1. The van der Waals surface area contributed by atoms with Crippen molar-refractivity contribution in [1.29, 1.82) is 0 Å². The van der Waals surface area contributed by atoms with E-state index in [-0.39, 0.29) is 12.1 Å². The van der Waals surface area contributed by atoms with E-state index in [1.807, 2.05) is 0 Å². The highest BCUT2D eigenvalue weighted by Crippen LogP contribution is 2.30. The number of hydrogen-bond acceptors (Lipinski definition) is 3. The van der Waals surface area contributed by atoms with E-state index in [0.29, 0.717) is 18.7 Å². The average Bonchev–Trinajstić information content (AvgIpc) is 2.26. The first-order valence-electron chi connectivity index (χ1n) is 4.01. The molecule has 4 nitrogen and oxygen atoms in total. The number of carbonyl (C=O) groups excluding carboxylic acids is 1. The van der Waals surface area contributed by atoms with Crippen LogP contribution in [0.3, 0.4) is 0 Å². The topological polar surface area (TPSA) is 49.8 Å². The quantitative estimate of drug-likeness (QED) is 0.555. The standard InChI is InChI=1S/C8H11NO3/c1-5(10)2-6-4-9-7(11)3-8(9)12-6/h2,5,8,10H,3-4H2,1H3/b6-2-. The number of fused-ring (bicyclic) bond motifs is 1. The summed E-state index contributed by atoms with van der Waals surface area (Å²) in [6.45, 7) is 2.18. The fourth-order valence-corrected chi connectivity index (χ4v) is 1.46. The Labute approximate surface area is 70.4 Å². The van der Waals surface area contributed by atoms with Crippen LogP contribution < -0.4 is 0 Å². The van der Waals surface area contributed by atoms with Crippen molar-refractivity contribution in [2.75, 3.05) is 6.54 Å². The first-order valence-corrected chi connectivity index (χ1v) is 4.01. The summed E-state index contributed by atoms with van der Waals surface area (Å²) in [7, 11) is 0. The minimum absolute atomic E-state index is 0.0532. The van der Waals surface area contributed by atoms with Gasteiger partial charge in [0.25, 0.3) is 0 Å². The van der Waals surface area contributed by atoms with Crippen LogP contribution in [0.4, 0.5) is 0 Å². The van der Waals surface area contributed by atoms with Gasteiger partial charge in [-0.25, -0.2) is 0 Å². The van der Waals surface area contributed by atoms with Gasteiger partial charge in [-0.3, -0.25) is 9.69 Å². The van der Waals surface area contributed by atoms with Gasteiger partial charge in [-0.15, -0.1) is 0 Å². The normalized spacial score (nSPS) is 32.8. The van der Waals surface area contributed by atoms with Gasteiger partial charge in [-0.05, 0) is 13.0 Å². The van der Waals surface area contributed by atoms with Gasteiger partial charge >= 0.3 is 0 Å². The van der Waals surface area contributed by atoms with E-state index in [2.05, 4.69) is 0 Å². The number of β-lactam (4-membered cyclic amide) rings is 1. The molecule has 0 bridgehead atoms. The van der Waals surface area contributed by atoms with Crippen molar-refractivity contribution in [3.05, 3.63) is 11.8 Å². The first-order chi connectivity index (χ1) is 5.66. The largest absolute Gasteiger partial charge is 0.473 e. The van der Waals surface area contributed by atoms with Crippen molar-refractivity contribution in [2.24, 2.45) is 0 Å². The van der Waals surface area contributed by atoms with Crippen molar-refractivity contribution < 1.29 is 14.6 Å². The van der Waals surface area contributed by atoms with Gasteiger partial charge in [0.15, 0.2) is 6.23 Å². The minimum Gasteiger partial charge on any atom is -0.473 e. The second-order valence-electron chi connectivity index (χ2n) is 3.17. The predicted molar refractivity (Wildman–Crippen MR) is 41.0 cm³/mol. The van der Waals surface area contributed by atoms with Crippen LogP contribution in [0.5, 0.6) is 0 Å². The lowest BCUT2D eigenvalue weighted by Crippen LogP contribution is -2.48. The Balaban J connectivity index is 2.03. The first kappa shape index (κ1) is 7.61. The molecule has 0 spiro atoms. The Bertz CT molecular complexity index is 247. The number of ether oxygens (including phenoxy) is 1. The third kappa shape index (κ3) is 1.08. The Morgan fingerprint density at radius 2 is 2.58 bits per heavy atom. The van der Waals surface area contributed by atoms with Gasteiger partial charge < -0.3 is 9.84 Å². The van der Waals surface area contributed by atoms with Crippen LogP contribution >= 0.6 is 0 Å². The van der Waals surface area contributed by atoms with Crippen molar-refractivity contribution in [3.63, 3.8) is 0 Å². The van der Waals surface area contributed by atoms with Crippen LogP contribution in [0.25, 0.3) is 0 Å². The summed E-state index contributed by atoms with van der Waals surface area (Å²) in [5, 5.41) is 9.01. The van der Waals surface area contributed by atoms with Crippen LogP contribution in [0, 0.1) is 0 Å². The molecule has 12 heavy (non-hydrogen) atoms. The molecule has 0 aromatic rings. The summed E-state index contributed by atoms with van der Waals surface area (Å²) in [5.74, 6) is 0.842. The molecule has 2 aliphatic rings. The zero-order valence-corrected chi connectivity index (χ0v) is 6.86. The maximum atomic E-state index is 10.9. The lowest BCUT2D eigenvalue weighted by atomic mass is 10.2. The Morgan fingerprint density at radius 1 is 1.83 bits per heavy atom. The summed E-state index contributed by atoms with van der Waals surface area (Å²) in [6, 6.07) is 0. The molecule has 2 heterocycles. The molecule has 1 amide bonds. The molecular formula is C8H11NO3. The molecule has 2 atom stereocenters. The molecule has 2 saturated heterocycles. The van der Waals surface area contributed by atoms with Gasteiger partial charge in [0.05, 0.1) is 19.1 Å². The number of rotatable bonds is 1. The molecule has 2 fully saturated rings. The van der Waals surface area contributed by atoms with Crippen LogP contribution in [0.2, 0.25) is 0 Å². The number of carbonyl (C=O) groups is 1. The fraction of sp³-hybridized carbons (Fsp3) is 0.625. The van der Waals surface area contributed by atoms with Crippen molar-refractivity contribution in [1.82, 2.24) is 4.90 Å². The highest BCUT2D eigenvalue weighted by Gasteiger charge is 2.43. The SMILES string of the molecule is CC(O)/C=C1/CN2C(=O)CC2O1. The number of aliphatic hydroxyl groups is 1. The van der Waals surface area contributed by atoms with Gasteiger partial charge in [-0.1, -0.05) is 0 Å². The minimum atomic E-state index is -0.506. The summed E-state index contributed by atoms with van der Waals surface area (Å²) < 4.78 is 5.35. The Morgan fingerprint density at radius 3 is 3.08 bits per heavy atom. The Hall–Kier alpha value is -1.03. The van der Waals surface area contributed by atoms with Crippen molar-refractivity contribution in [3.8, 4) is 0 Å². The molecule has 0 radical (unpaired) electrons. The molecule has 1 N–H and O–H groups in total. The lowest BCUT2D eigenvalue weighted by Gasteiger charge is -2.30. The van der Waals surface area contributed by atoms with E-state index in [1.165, 1.54) is 0 Å². The van der Waals surface area contributed by atoms with E-state index >= 15 is 0 Å². The van der Waals surface area contributed by atoms with Crippen LogP contribution in [-0.2, 0) is 9.53 Å². The zero-order valence-electron chi connectivity index (χ0n) is 6.86. The predicted octanol–water partition coefficient (Wildman–Crippen LogP) is -0.160. The number of aliphatic hydroxyl groups excluding tert-OH is 1. The molecular weight excluding hydrogens is 158 g/mol. The average molecular weight is 169 g/mol. The molecule has 2 rings (SSSR count). The van der Waals surface area contributed by atoms with E-state index in [1.54, 1.807) is 17.9 Å². The van der Waals surface area contributed by atoms with E-state index < -0.39 is 6.10 Å². The second-order valence-corrected chi connectivity index (χ2v) is 3.17. The fourth-order valence-electron chi connectivity index (χ4n) is 1.46. The molecule has 0 aromatic heterocycles. The molecule has 0 aromatic carbocycles. The maximum Gasteiger partial charge on any atom is 0.231 e. The highest BCUT2D eigenvalue weighted by atomic mass is 16.5. The summed E-state index contributed by atoms with van der Waals surface area (Å²) in [5.41, 5.74) is 0. The monoisotopic (exact) mass is 169 g/mol. The molecule has 0 aliphatic carbocycles. The molecule has 0 saturated carbocycles. The summed E-state index contributed by atoms with van der Waals surface area (Å²) >= 11 is 0. The molecule has 2 unspecified atom stereocenters. The second kappa shape index (κ2) is 2.48. The van der Waals surface area contributed by atoms with E-state index in [4.69, 9.17) is 9.84 Å². The smallest absolute Gasteiger partial charge is 0.231 e. The van der Waals surface area contributed by atoms with Crippen LogP contribution in [0.1, 0.15) is 13.3 Å². The molecule has 2 aliphatic heterocycles. The van der Waals surface area contributed by atoms with Gasteiger partial charge in [0, 0.05) is 0 Å². The number of nitrogens with zero attached hydrogens (tertiary/aromatic N) is 1. The van der Waals surface area contributed by atoms with Gasteiger partial charge in [0.1, 0.15) is 5.76 Å². The van der Waals surface area contributed by atoms with Gasteiger partial charge in [0.2, 0.25) is 5.91 Å². The zero-order chi connectivity index (χ0) is 8.72. The van der Waals surface area contributed by atoms with Crippen molar-refractivity contribution in [2.45, 2.75) is 25.7 Å². The molecule has 66 valence electrons. The van der Waals surface area contributed by atoms with Crippen LogP contribution in [0.15, 0.2) is 11.8 Å². The van der Waals surface area contributed by atoms with E-state index in [9.17, 15) is 4.79 Å². The molecule has 4 heteroatoms. The van der Waals surface area contributed by atoms with Crippen LogP contribution in [-0.4, -0.2) is 34.8 Å². The number of amides is 1.